The number of aromatic nitrogens is 1. The van der Waals surface area contributed by atoms with E-state index in [0.717, 1.165) is 6.07 Å². The highest BCUT2D eigenvalue weighted by molar-refractivity contribution is 5.95. The van der Waals surface area contributed by atoms with Crippen molar-refractivity contribution < 1.29 is 27.8 Å². The van der Waals surface area contributed by atoms with Gasteiger partial charge in [0.1, 0.15) is 12.2 Å². The Bertz CT molecular complexity index is 877. The molecule has 0 radical (unpaired) electrons. The number of rotatable bonds is 4. The molecular weight excluding hydrogens is 324 g/mol. The van der Waals surface area contributed by atoms with Gasteiger partial charge in [-0.2, -0.15) is 4.39 Å². The smallest absolute Gasteiger partial charge is 0.343 e. The van der Waals surface area contributed by atoms with Crippen molar-refractivity contribution in [3.8, 4) is 5.75 Å². The number of benzene rings is 1. The van der Waals surface area contributed by atoms with E-state index < -0.39 is 29.1 Å². The van der Waals surface area contributed by atoms with Crippen molar-refractivity contribution in [1.82, 2.24) is 4.57 Å². The summed E-state index contributed by atoms with van der Waals surface area (Å²) in [5.41, 5.74) is -0.883. The van der Waals surface area contributed by atoms with Gasteiger partial charge in [-0.3, -0.25) is 4.79 Å². The summed E-state index contributed by atoms with van der Waals surface area (Å²) in [6.07, 6.45) is 1.29. The highest BCUT2D eigenvalue weighted by Crippen LogP contribution is 2.35. The normalized spacial score (nSPS) is 16.1. The minimum atomic E-state index is -1.22. The first-order valence-electron chi connectivity index (χ1n) is 7.35. The molecule has 1 aromatic heterocycles. The zero-order valence-corrected chi connectivity index (χ0v) is 13.1. The molecule has 24 heavy (non-hydrogen) atoms. The molecule has 0 spiro atoms. The van der Waals surface area contributed by atoms with Gasteiger partial charge < -0.3 is 18.8 Å². The number of carbonyl (C=O) groups excluding carboxylic acids is 1. The molecule has 0 amide bonds. The Morgan fingerprint density at radius 2 is 2.21 bits per heavy atom. The molecule has 1 aliphatic heterocycles. The number of esters is 1. The molecule has 0 unspecified atom stereocenters. The summed E-state index contributed by atoms with van der Waals surface area (Å²) in [7, 11) is 1.48. The van der Waals surface area contributed by atoms with Crippen LogP contribution in [0.4, 0.5) is 8.78 Å². The average molecular weight is 339 g/mol. The highest BCUT2D eigenvalue weighted by Gasteiger charge is 2.30. The van der Waals surface area contributed by atoms with Gasteiger partial charge in [-0.05, 0) is 13.0 Å². The fourth-order valence-corrected chi connectivity index (χ4v) is 2.78. The van der Waals surface area contributed by atoms with E-state index in [2.05, 4.69) is 0 Å². The van der Waals surface area contributed by atoms with Crippen LogP contribution in [0.3, 0.4) is 0 Å². The number of halogens is 2. The van der Waals surface area contributed by atoms with Gasteiger partial charge in [0.2, 0.25) is 11.2 Å². The quantitative estimate of drug-likeness (QED) is 0.798. The Kier molecular flexibility index (Phi) is 4.23. The molecule has 2 heterocycles. The van der Waals surface area contributed by atoms with Crippen molar-refractivity contribution in [3.63, 3.8) is 0 Å². The topological polar surface area (TPSA) is 66.8 Å². The van der Waals surface area contributed by atoms with Gasteiger partial charge in [0, 0.05) is 13.3 Å². The van der Waals surface area contributed by atoms with Gasteiger partial charge in [0.25, 0.3) is 0 Å². The molecule has 0 aliphatic carbocycles. The first-order valence-corrected chi connectivity index (χ1v) is 7.35. The number of hydrogen-bond acceptors (Lipinski definition) is 5. The van der Waals surface area contributed by atoms with E-state index in [1.807, 2.05) is 0 Å². The molecule has 1 atom stereocenters. The van der Waals surface area contributed by atoms with E-state index >= 15 is 0 Å². The van der Waals surface area contributed by atoms with Crippen molar-refractivity contribution in [2.75, 3.05) is 26.9 Å². The Hall–Kier alpha value is -2.48. The number of ether oxygens (including phenoxy) is 3. The van der Waals surface area contributed by atoms with Crippen molar-refractivity contribution in [3.05, 3.63) is 39.7 Å². The fourth-order valence-electron chi connectivity index (χ4n) is 2.78. The van der Waals surface area contributed by atoms with E-state index in [9.17, 15) is 18.4 Å². The second-order valence-corrected chi connectivity index (χ2v) is 5.32. The minimum Gasteiger partial charge on any atom is -0.486 e. The molecule has 0 bridgehead atoms. The second kappa shape index (κ2) is 6.20. The molecule has 1 aliphatic rings. The lowest BCUT2D eigenvalue weighted by Crippen LogP contribution is -2.31. The maximum atomic E-state index is 14.0. The van der Waals surface area contributed by atoms with Crippen molar-refractivity contribution in [1.29, 1.82) is 0 Å². The van der Waals surface area contributed by atoms with Gasteiger partial charge >= 0.3 is 5.97 Å². The lowest BCUT2D eigenvalue weighted by Gasteiger charge is -2.29. The van der Waals surface area contributed by atoms with Crippen LogP contribution in [0.2, 0.25) is 0 Å². The molecular formula is C16H15F2NO5. The van der Waals surface area contributed by atoms with Crippen LogP contribution in [0.1, 0.15) is 23.3 Å². The SMILES string of the molecule is CCOC(=O)c1cn2c3c(c(F)c(F)cc3c1=O)OC[C@@H]2COC. The van der Waals surface area contributed by atoms with Gasteiger partial charge in [0.05, 0.1) is 30.2 Å². The molecule has 0 saturated carbocycles. The van der Waals surface area contributed by atoms with Gasteiger partial charge in [-0.25, -0.2) is 9.18 Å². The van der Waals surface area contributed by atoms with Crippen molar-refractivity contribution in [2.45, 2.75) is 13.0 Å². The van der Waals surface area contributed by atoms with Gasteiger partial charge in [0.15, 0.2) is 11.6 Å². The summed E-state index contributed by atoms with van der Waals surface area (Å²) in [4.78, 5) is 24.6. The van der Waals surface area contributed by atoms with E-state index in [1.165, 1.54) is 17.9 Å². The molecule has 0 fully saturated rings. The summed E-state index contributed by atoms with van der Waals surface area (Å²) < 4.78 is 44.6. The predicted molar refractivity (Wildman–Crippen MR) is 80.5 cm³/mol. The summed E-state index contributed by atoms with van der Waals surface area (Å²) >= 11 is 0. The summed E-state index contributed by atoms with van der Waals surface area (Å²) in [5, 5.41) is -0.143. The average Bonchev–Trinajstić information content (AvgIpc) is 2.56. The Balaban J connectivity index is 2.37. The molecule has 1 aromatic carbocycles. The first-order chi connectivity index (χ1) is 11.5. The van der Waals surface area contributed by atoms with E-state index in [0.29, 0.717) is 0 Å². The number of pyridine rings is 1. The Labute approximate surface area is 135 Å². The van der Waals surface area contributed by atoms with Gasteiger partial charge in [-0.15, -0.1) is 0 Å². The van der Waals surface area contributed by atoms with E-state index in [1.54, 1.807) is 6.92 Å². The Morgan fingerprint density at radius 3 is 2.88 bits per heavy atom. The molecule has 0 saturated heterocycles. The zero-order chi connectivity index (χ0) is 17.4. The van der Waals surface area contributed by atoms with Crippen LogP contribution < -0.4 is 10.2 Å². The maximum Gasteiger partial charge on any atom is 0.343 e. The lowest BCUT2D eigenvalue weighted by molar-refractivity contribution is 0.0522. The summed E-state index contributed by atoms with van der Waals surface area (Å²) in [6.45, 7) is 1.92. The Morgan fingerprint density at radius 1 is 1.46 bits per heavy atom. The van der Waals surface area contributed by atoms with Crippen LogP contribution in [0.15, 0.2) is 17.1 Å². The van der Waals surface area contributed by atoms with Crippen LogP contribution in [0.5, 0.6) is 5.75 Å². The predicted octanol–water partition coefficient (Wildman–Crippen LogP) is 2.04. The molecule has 0 N–H and O–H groups in total. The number of methoxy groups -OCH3 is 1. The summed E-state index contributed by atoms with van der Waals surface area (Å²) in [6, 6.07) is 0.373. The van der Waals surface area contributed by atoms with Crippen LogP contribution in [-0.2, 0) is 9.47 Å². The van der Waals surface area contributed by atoms with Crippen LogP contribution in [0, 0.1) is 11.6 Å². The summed E-state index contributed by atoms with van der Waals surface area (Å²) in [5.74, 6) is -3.55. The van der Waals surface area contributed by atoms with Crippen LogP contribution in [-0.4, -0.2) is 37.5 Å². The highest BCUT2D eigenvalue weighted by atomic mass is 19.2. The first kappa shape index (κ1) is 16.4. The third kappa shape index (κ3) is 2.43. The van der Waals surface area contributed by atoms with Crippen LogP contribution >= 0.6 is 0 Å². The molecule has 128 valence electrons. The molecule has 6 nitrogen and oxygen atoms in total. The van der Waals surface area contributed by atoms with E-state index in [4.69, 9.17) is 14.2 Å². The van der Waals surface area contributed by atoms with Gasteiger partial charge in [-0.1, -0.05) is 0 Å². The van der Waals surface area contributed by atoms with Crippen molar-refractivity contribution in [2.24, 2.45) is 0 Å². The maximum absolute atomic E-state index is 14.0. The number of nitrogens with zero attached hydrogens (tertiary/aromatic N) is 1. The third-order valence-corrected chi connectivity index (χ3v) is 3.83. The number of carbonyl (C=O) groups is 1. The fraction of sp³-hybridized carbons (Fsp3) is 0.375. The monoisotopic (exact) mass is 339 g/mol. The van der Waals surface area contributed by atoms with Crippen LogP contribution in [0.25, 0.3) is 10.9 Å². The standard InChI is InChI=1S/C16H15F2NO5/c1-3-23-16(21)10-5-19-8(6-22-2)7-24-15-12(18)11(17)4-9(13(15)19)14(10)20/h4-5,8H,3,6-7H2,1-2H3/t8-/m0/s1. The number of hydrogen-bond donors (Lipinski definition) is 0. The molecule has 8 heteroatoms. The minimum absolute atomic E-state index is 0.0153. The second-order valence-electron chi connectivity index (χ2n) is 5.32. The zero-order valence-electron chi connectivity index (χ0n) is 13.1. The van der Waals surface area contributed by atoms with E-state index in [-0.39, 0.29) is 42.0 Å². The van der Waals surface area contributed by atoms with Crippen molar-refractivity contribution >= 4 is 16.9 Å². The molecule has 3 rings (SSSR count). The lowest BCUT2D eigenvalue weighted by atomic mass is 10.1. The largest absolute Gasteiger partial charge is 0.486 e. The molecule has 2 aromatic rings. The third-order valence-electron chi connectivity index (χ3n) is 3.83.